The summed E-state index contributed by atoms with van der Waals surface area (Å²) in [5.41, 5.74) is 3.50. The third-order valence-corrected chi connectivity index (χ3v) is 8.36. The van der Waals surface area contributed by atoms with Gasteiger partial charge in [-0.2, -0.15) is 0 Å². The number of hydrogen-bond donors (Lipinski definition) is 0. The molecule has 0 N–H and O–H groups in total. The molecule has 1 unspecified atom stereocenters. The minimum absolute atomic E-state index is 0.0692. The largest absolute Gasteiger partial charge is 0.493 e. The van der Waals surface area contributed by atoms with Gasteiger partial charge in [-0.05, 0) is 60.1 Å². The third-order valence-electron chi connectivity index (χ3n) is 7.62. The molecule has 1 saturated carbocycles. The second-order valence-electron chi connectivity index (χ2n) is 10.6. The number of carbonyl (C=O) groups excluding carboxylic acids is 1. The minimum Gasteiger partial charge on any atom is -0.493 e. The van der Waals surface area contributed by atoms with Crippen molar-refractivity contribution >= 4 is 29.0 Å². The smallest absolute Gasteiger partial charge is 0.165 e. The molecule has 2 fully saturated rings. The van der Waals surface area contributed by atoms with Gasteiger partial charge in [-0.25, -0.2) is 4.39 Å². The van der Waals surface area contributed by atoms with E-state index < -0.39 is 5.82 Å². The molecule has 38 heavy (non-hydrogen) atoms. The number of carbonyl (C=O) groups is 1. The lowest BCUT2D eigenvalue weighted by molar-refractivity contribution is 0.0375. The summed E-state index contributed by atoms with van der Waals surface area (Å²) in [6.07, 6.45) is 5.34. The number of nitrogens with zero attached hydrogens (tertiary/aromatic N) is 1. The Bertz CT molecular complexity index is 1270. The molecular formula is C32H34Cl2FNO2. The van der Waals surface area contributed by atoms with Crippen LogP contribution in [0.5, 0.6) is 5.75 Å². The third kappa shape index (κ3) is 6.25. The van der Waals surface area contributed by atoms with E-state index in [0.717, 1.165) is 56.3 Å². The molecule has 1 heterocycles. The molecule has 1 atom stereocenters. The fourth-order valence-corrected chi connectivity index (χ4v) is 5.67. The summed E-state index contributed by atoms with van der Waals surface area (Å²) < 4.78 is 21.2. The second-order valence-corrected chi connectivity index (χ2v) is 11.5. The molecule has 200 valence electrons. The molecule has 3 nitrogen and oxygen atoms in total. The average Bonchev–Trinajstić information content (AvgIpc) is 3.73. The Labute approximate surface area is 234 Å². The van der Waals surface area contributed by atoms with Gasteiger partial charge < -0.3 is 4.74 Å². The van der Waals surface area contributed by atoms with Crippen LogP contribution in [0, 0.1) is 11.7 Å². The summed E-state index contributed by atoms with van der Waals surface area (Å²) in [5, 5.41) is 1.09. The van der Waals surface area contributed by atoms with E-state index in [0.29, 0.717) is 40.7 Å². The zero-order chi connectivity index (χ0) is 26.6. The van der Waals surface area contributed by atoms with E-state index in [2.05, 4.69) is 24.0 Å². The van der Waals surface area contributed by atoms with Crippen molar-refractivity contribution in [1.29, 1.82) is 0 Å². The van der Waals surface area contributed by atoms with Crippen molar-refractivity contribution in [3.63, 3.8) is 0 Å². The topological polar surface area (TPSA) is 29.5 Å². The second kappa shape index (κ2) is 12.2. The van der Waals surface area contributed by atoms with E-state index in [4.69, 9.17) is 27.9 Å². The zero-order valence-corrected chi connectivity index (χ0v) is 23.3. The van der Waals surface area contributed by atoms with Crippen LogP contribution in [0.4, 0.5) is 4.39 Å². The van der Waals surface area contributed by atoms with Crippen LogP contribution in [0.1, 0.15) is 84.5 Å². The fourth-order valence-electron chi connectivity index (χ4n) is 5.36. The monoisotopic (exact) mass is 553 g/mol. The quantitative estimate of drug-likeness (QED) is 0.165. The van der Waals surface area contributed by atoms with Gasteiger partial charge in [0.05, 0.1) is 28.3 Å². The molecule has 0 bridgehead atoms. The Morgan fingerprint density at radius 2 is 1.76 bits per heavy atom. The Hall–Kier alpha value is -2.40. The van der Waals surface area contributed by atoms with E-state index in [1.165, 1.54) is 11.6 Å². The number of hydrogen-bond acceptors (Lipinski definition) is 3. The van der Waals surface area contributed by atoms with Gasteiger partial charge in [0.15, 0.2) is 5.78 Å². The van der Waals surface area contributed by atoms with Crippen LogP contribution >= 0.6 is 23.2 Å². The van der Waals surface area contributed by atoms with Gasteiger partial charge >= 0.3 is 0 Å². The first-order valence-electron chi connectivity index (χ1n) is 13.7. The van der Waals surface area contributed by atoms with Crippen molar-refractivity contribution in [2.24, 2.45) is 5.92 Å². The van der Waals surface area contributed by atoms with Crippen LogP contribution in [0.25, 0.3) is 0 Å². The van der Waals surface area contributed by atoms with E-state index in [9.17, 15) is 9.18 Å². The highest BCUT2D eigenvalue weighted by Gasteiger charge is 2.35. The van der Waals surface area contributed by atoms with Gasteiger partial charge in [-0.3, -0.25) is 9.69 Å². The van der Waals surface area contributed by atoms with E-state index in [-0.39, 0.29) is 17.4 Å². The van der Waals surface area contributed by atoms with Gasteiger partial charge in [0.1, 0.15) is 11.6 Å². The lowest BCUT2D eigenvalue weighted by Gasteiger charge is -2.44. The molecule has 5 rings (SSSR count). The first-order chi connectivity index (χ1) is 18.4. The lowest BCUT2D eigenvalue weighted by atomic mass is 9.90. The number of Topliss-reactive ketones (excluding diaryl/α,β-unsaturated/α-hetero) is 1. The number of halogens is 3. The molecule has 1 aliphatic heterocycles. The first-order valence-corrected chi connectivity index (χ1v) is 14.4. The summed E-state index contributed by atoms with van der Waals surface area (Å²) >= 11 is 12.5. The zero-order valence-electron chi connectivity index (χ0n) is 21.8. The molecule has 0 spiro atoms. The van der Waals surface area contributed by atoms with Gasteiger partial charge in [-0.1, -0.05) is 79.4 Å². The summed E-state index contributed by atoms with van der Waals surface area (Å²) in [6.45, 7) is 4.32. The Balaban J connectivity index is 1.25. The molecule has 2 aliphatic rings. The van der Waals surface area contributed by atoms with Crippen molar-refractivity contribution < 1.29 is 13.9 Å². The summed E-state index contributed by atoms with van der Waals surface area (Å²) in [6, 6.07) is 19.5. The predicted molar refractivity (Wildman–Crippen MR) is 152 cm³/mol. The van der Waals surface area contributed by atoms with Crippen molar-refractivity contribution in [2.45, 2.75) is 57.4 Å². The molecule has 0 radical (unpaired) electrons. The van der Waals surface area contributed by atoms with Gasteiger partial charge in [0, 0.05) is 31.5 Å². The number of ketones is 1. The highest BCUT2D eigenvalue weighted by atomic mass is 35.5. The molecule has 6 heteroatoms. The van der Waals surface area contributed by atoms with Gasteiger partial charge in [-0.15, -0.1) is 0 Å². The van der Waals surface area contributed by atoms with E-state index in [1.807, 2.05) is 36.4 Å². The van der Waals surface area contributed by atoms with Crippen molar-refractivity contribution in [1.82, 2.24) is 4.90 Å². The van der Waals surface area contributed by atoms with Crippen LogP contribution in [0.3, 0.4) is 0 Å². The van der Waals surface area contributed by atoms with Gasteiger partial charge in [0.2, 0.25) is 0 Å². The standard InChI is InChI=1S/C32H34Cl2FNO2/c1-2-3-5-10-30(37)26-16-25(22-11-12-22)31(17-29(26)35)38-20-21-18-36(19-21)32(23-8-6-4-7-9-23)24-13-14-27(33)28(34)15-24/h4,6-9,13-17,21-22,32H,2-3,5,10-12,18-20H2,1H3. The molecule has 0 aromatic heterocycles. The van der Waals surface area contributed by atoms with Crippen molar-refractivity contribution in [3.8, 4) is 5.75 Å². The lowest BCUT2D eigenvalue weighted by Crippen LogP contribution is -2.51. The predicted octanol–water partition coefficient (Wildman–Crippen LogP) is 8.87. The average molecular weight is 555 g/mol. The number of likely N-dealkylation sites (tertiary alicyclic amines) is 1. The van der Waals surface area contributed by atoms with Crippen LogP contribution in [-0.4, -0.2) is 30.4 Å². The fraction of sp³-hybridized carbons (Fsp3) is 0.406. The Morgan fingerprint density at radius 3 is 2.45 bits per heavy atom. The highest BCUT2D eigenvalue weighted by Crippen LogP contribution is 2.45. The normalized spacial score (nSPS) is 16.7. The van der Waals surface area contributed by atoms with Crippen LogP contribution < -0.4 is 4.74 Å². The molecular weight excluding hydrogens is 520 g/mol. The Kier molecular flexibility index (Phi) is 8.72. The Morgan fingerprint density at radius 1 is 1.00 bits per heavy atom. The SMILES string of the molecule is CCCCCC(=O)c1cc(C2CC2)c(OCC2CN(C(c3ccccc3)c3ccc(Cl)c(Cl)c3)C2)cc1F. The molecule has 1 saturated heterocycles. The number of ether oxygens (including phenoxy) is 1. The maximum Gasteiger partial charge on any atom is 0.165 e. The molecule has 3 aromatic carbocycles. The van der Waals surface area contributed by atoms with Crippen LogP contribution in [0.15, 0.2) is 60.7 Å². The van der Waals surface area contributed by atoms with Gasteiger partial charge in [0.25, 0.3) is 0 Å². The summed E-state index contributed by atoms with van der Waals surface area (Å²) in [4.78, 5) is 15.0. The van der Waals surface area contributed by atoms with Crippen LogP contribution in [0.2, 0.25) is 10.0 Å². The maximum atomic E-state index is 15.0. The minimum atomic E-state index is -0.468. The number of benzene rings is 3. The number of unbranched alkanes of at least 4 members (excludes halogenated alkanes) is 2. The molecule has 0 amide bonds. The maximum absolute atomic E-state index is 15.0. The van der Waals surface area contributed by atoms with Crippen LogP contribution in [-0.2, 0) is 0 Å². The van der Waals surface area contributed by atoms with Crippen molar-refractivity contribution in [2.75, 3.05) is 19.7 Å². The van der Waals surface area contributed by atoms with Crippen molar-refractivity contribution in [3.05, 3.63) is 98.8 Å². The van der Waals surface area contributed by atoms with E-state index in [1.54, 1.807) is 6.07 Å². The van der Waals surface area contributed by atoms with E-state index >= 15 is 0 Å². The molecule has 1 aliphatic carbocycles. The summed E-state index contributed by atoms with van der Waals surface area (Å²) in [5.74, 6) is 0.716. The highest BCUT2D eigenvalue weighted by molar-refractivity contribution is 6.42. The molecule has 3 aromatic rings. The first kappa shape index (κ1) is 27.2. The summed E-state index contributed by atoms with van der Waals surface area (Å²) in [7, 11) is 0. The number of rotatable bonds is 12.